The van der Waals surface area contributed by atoms with Gasteiger partial charge in [0.15, 0.2) is 0 Å². The highest BCUT2D eigenvalue weighted by atomic mass is 32.2. The lowest BCUT2D eigenvalue weighted by molar-refractivity contribution is -0.132. The third-order valence-corrected chi connectivity index (χ3v) is 2.57. The van der Waals surface area contributed by atoms with E-state index in [-0.39, 0.29) is 19.0 Å². The Balaban J connectivity index is 3.71. The van der Waals surface area contributed by atoms with Crippen LogP contribution in [0.5, 0.6) is 0 Å². The second kappa shape index (κ2) is 7.62. The molecule has 0 saturated carbocycles. The summed E-state index contributed by atoms with van der Waals surface area (Å²) in [6.07, 6.45) is 0.555. The highest BCUT2D eigenvalue weighted by Gasteiger charge is 2.13. The highest BCUT2D eigenvalue weighted by molar-refractivity contribution is 7.88. The molecule has 0 saturated heterocycles. The molecule has 0 aliphatic heterocycles. The van der Waals surface area contributed by atoms with E-state index in [2.05, 4.69) is 10.0 Å². The largest absolute Gasteiger partial charge is 0.368 e. The Bertz CT molecular complexity index is 327. The molecular weight excluding hydrogens is 244 g/mol. The maximum Gasteiger partial charge on any atom is 0.248 e. The second-order valence-corrected chi connectivity index (χ2v) is 6.16. The smallest absolute Gasteiger partial charge is 0.248 e. The van der Waals surface area contributed by atoms with Gasteiger partial charge in [0.2, 0.25) is 15.9 Å². The van der Waals surface area contributed by atoms with Crippen LogP contribution in [-0.4, -0.2) is 46.4 Å². The first-order valence-corrected chi connectivity index (χ1v) is 7.45. The molecule has 0 rings (SSSR count). The number of rotatable bonds is 8. The Labute approximate surface area is 103 Å². The Morgan fingerprint density at radius 3 is 2.29 bits per heavy atom. The van der Waals surface area contributed by atoms with Crippen LogP contribution >= 0.6 is 0 Å². The van der Waals surface area contributed by atoms with Crippen molar-refractivity contribution in [2.24, 2.45) is 5.92 Å². The minimum Gasteiger partial charge on any atom is -0.368 e. The minimum atomic E-state index is -3.20. The Kier molecular flexibility index (Phi) is 7.33. The van der Waals surface area contributed by atoms with Gasteiger partial charge in [-0.05, 0) is 12.8 Å². The van der Waals surface area contributed by atoms with Crippen molar-refractivity contribution >= 4 is 15.9 Å². The standard InChI is InChI=1S/C10H22N2O4S/c1-8(2)7-16-9(3)10(13)11-5-6-12-17(4,14)15/h8-9,12H,5-7H2,1-4H3,(H,11,13)/t9-/m1/s1. The van der Waals surface area contributed by atoms with E-state index in [0.717, 1.165) is 6.26 Å². The molecule has 0 aliphatic carbocycles. The predicted molar refractivity (Wildman–Crippen MR) is 66.1 cm³/mol. The Morgan fingerprint density at radius 1 is 1.24 bits per heavy atom. The molecule has 1 atom stereocenters. The number of hydrogen-bond donors (Lipinski definition) is 2. The molecule has 0 aromatic carbocycles. The lowest BCUT2D eigenvalue weighted by atomic mass is 10.2. The average Bonchev–Trinajstić information content (AvgIpc) is 2.19. The van der Waals surface area contributed by atoms with E-state index in [9.17, 15) is 13.2 Å². The van der Waals surface area contributed by atoms with Gasteiger partial charge >= 0.3 is 0 Å². The number of nitrogens with one attached hydrogen (secondary N) is 2. The molecule has 0 radical (unpaired) electrons. The van der Waals surface area contributed by atoms with Crippen molar-refractivity contribution in [1.82, 2.24) is 10.0 Å². The van der Waals surface area contributed by atoms with E-state index in [4.69, 9.17) is 4.74 Å². The monoisotopic (exact) mass is 266 g/mol. The van der Waals surface area contributed by atoms with E-state index in [1.165, 1.54) is 0 Å². The molecule has 0 unspecified atom stereocenters. The molecule has 0 aromatic rings. The summed E-state index contributed by atoms with van der Waals surface area (Å²) in [4.78, 5) is 11.5. The van der Waals surface area contributed by atoms with Crippen LogP contribution in [0.1, 0.15) is 20.8 Å². The maximum absolute atomic E-state index is 11.5. The van der Waals surface area contributed by atoms with E-state index in [0.29, 0.717) is 12.5 Å². The number of amides is 1. The van der Waals surface area contributed by atoms with Gasteiger partial charge in [-0.25, -0.2) is 13.1 Å². The SMILES string of the molecule is CC(C)CO[C@H](C)C(=O)NCCNS(C)(=O)=O. The molecule has 0 fully saturated rings. The zero-order valence-electron chi connectivity index (χ0n) is 10.8. The van der Waals surface area contributed by atoms with Gasteiger partial charge in [-0.1, -0.05) is 13.8 Å². The molecule has 0 aliphatic rings. The first-order chi connectivity index (χ1) is 7.72. The van der Waals surface area contributed by atoms with Crippen LogP contribution in [0.2, 0.25) is 0 Å². The summed E-state index contributed by atoms with van der Waals surface area (Å²) in [6, 6.07) is 0. The number of sulfonamides is 1. The van der Waals surface area contributed by atoms with Crippen LogP contribution in [-0.2, 0) is 19.6 Å². The lowest BCUT2D eigenvalue weighted by Gasteiger charge is -2.14. The number of hydrogen-bond acceptors (Lipinski definition) is 4. The molecule has 102 valence electrons. The third-order valence-electron chi connectivity index (χ3n) is 1.84. The van der Waals surface area contributed by atoms with Gasteiger partial charge < -0.3 is 10.1 Å². The zero-order chi connectivity index (χ0) is 13.5. The molecule has 6 nitrogen and oxygen atoms in total. The molecule has 0 bridgehead atoms. The van der Waals surface area contributed by atoms with Crippen molar-refractivity contribution in [3.63, 3.8) is 0 Å². The van der Waals surface area contributed by atoms with Gasteiger partial charge in [-0.2, -0.15) is 0 Å². The van der Waals surface area contributed by atoms with Crippen LogP contribution in [0.3, 0.4) is 0 Å². The summed E-state index contributed by atoms with van der Waals surface area (Å²) >= 11 is 0. The fourth-order valence-corrected chi connectivity index (χ4v) is 1.45. The highest BCUT2D eigenvalue weighted by Crippen LogP contribution is 1.97. The van der Waals surface area contributed by atoms with E-state index in [1.54, 1.807) is 6.92 Å². The van der Waals surface area contributed by atoms with Gasteiger partial charge in [0, 0.05) is 19.7 Å². The van der Waals surface area contributed by atoms with E-state index >= 15 is 0 Å². The third kappa shape index (κ3) is 10.2. The molecule has 0 aromatic heterocycles. The van der Waals surface area contributed by atoms with Gasteiger partial charge in [-0.15, -0.1) is 0 Å². The minimum absolute atomic E-state index is 0.182. The Morgan fingerprint density at radius 2 is 1.82 bits per heavy atom. The zero-order valence-corrected chi connectivity index (χ0v) is 11.6. The fourth-order valence-electron chi connectivity index (χ4n) is 0.978. The van der Waals surface area contributed by atoms with Crippen LogP contribution in [0.4, 0.5) is 0 Å². The molecule has 0 spiro atoms. The summed E-state index contributed by atoms with van der Waals surface area (Å²) in [5.74, 6) is 0.137. The summed E-state index contributed by atoms with van der Waals surface area (Å²) in [7, 11) is -3.20. The molecule has 7 heteroatoms. The first kappa shape index (κ1) is 16.3. The van der Waals surface area contributed by atoms with Crippen molar-refractivity contribution in [2.45, 2.75) is 26.9 Å². The summed E-state index contributed by atoms with van der Waals surface area (Å²) in [5, 5.41) is 2.59. The predicted octanol–water partition coefficient (Wildman–Crippen LogP) is -0.287. The first-order valence-electron chi connectivity index (χ1n) is 5.56. The molecular formula is C10H22N2O4S. The van der Waals surface area contributed by atoms with Crippen molar-refractivity contribution in [3.8, 4) is 0 Å². The van der Waals surface area contributed by atoms with Gasteiger partial charge in [-0.3, -0.25) is 4.79 Å². The van der Waals surface area contributed by atoms with Gasteiger partial charge in [0.1, 0.15) is 6.10 Å². The Hall–Kier alpha value is -0.660. The summed E-state index contributed by atoms with van der Waals surface area (Å²) in [6.45, 7) is 6.63. The van der Waals surface area contributed by atoms with Crippen molar-refractivity contribution in [3.05, 3.63) is 0 Å². The topological polar surface area (TPSA) is 84.5 Å². The quantitative estimate of drug-likeness (QED) is 0.591. The van der Waals surface area contributed by atoms with Crippen LogP contribution in [0.25, 0.3) is 0 Å². The normalized spacial score (nSPS) is 13.7. The number of carbonyl (C=O) groups is 1. The number of ether oxygens (including phenoxy) is 1. The fraction of sp³-hybridized carbons (Fsp3) is 0.900. The summed E-state index contributed by atoms with van der Waals surface area (Å²) in [5.41, 5.74) is 0. The van der Waals surface area contributed by atoms with E-state index in [1.807, 2.05) is 13.8 Å². The molecule has 2 N–H and O–H groups in total. The second-order valence-electron chi connectivity index (χ2n) is 4.33. The number of carbonyl (C=O) groups excluding carboxylic acids is 1. The molecule has 17 heavy (non-hydrogen) atoms. The van der Waals surface area contributed by atoms with Gasteiger partial charge in [0.25, 0.3) is 0 Å². The molecule has 0 heterocycles. The average molecular weight is 266 g/mol. The van der Waals surface area contributed by atoms with Crippen molar-refractivity contribution in [1.29, 1.82) is 0 Å². The van der Waals surface area contributed by atoms with Crippen LogP contribution < -0.4 is 10.0 Å². The summed E-state index contributed by atoms with van der Waals surface area (Å²) < 4.78 is 29.1. The van der Waals surface area contributed by atoms with Crippen LogP contribution in [0, 0.1) is 5.92 Å². The van der Waals surface area contributed by atoms with Crippen LogP contribution in [0.15, 0.2) is 0 Å². The van der Waals surface area contributed by atoms with Crippen molar-refractivity contribution < 1.29 is 17.9 Å². The van der Waals surface area contributed by atoms with Crippen molar-refractivity contribution in [2.75, 3.05) is 26.0 Å². The molecule has 1 amide bonds. The lowest BCUT2D eigenvalue weighted by Crippen LogP contribution is -2.39. The van der Waals surface area contributed by atoms with E-state index < -0.39 is 16.1 Å². The van der Waals surface area contributed by atoms with Gasteiger partial charge in [0.05, 0.1) is 6.26 Å². The maximum atomic E-state index is 11.5.